The summed E-state index contributed by atoms with van der Waals surface area (Å²) < 4.78 is 26.5. The molecule has 0 saturated carbocycles. The summed E-state index contributed by atoms with van der Waals surface area (Å²) in [5.41, 5.74) is 3.71. The molecule has 4 rings (SSSR count). The zero-order valence-corrected chi connectivity index (χ0v) is 21.8. The van der Waals surface area contributed by atoms with Gasteiger partial charge in [0.05, 0.1) is 6.61 Å². The van der Waals surface area contributed by atoms with Gasteiger partial charge in [-0.1, -0.05) is 76.1 Å². The lowest BCUT2D eigenvalue weighted by molar-refractivity contribution is 0.287. The Morgan fingerprint density at radius 2 is 1.73 bits per heavy atom. The van der Waals surface area contributed by atoms with Crippen molar-refractivity contribution in [2.24, 2.45) is 0 Å². The van der Waals surface area contributed by atoms with Crippen molar-refractivity contribution < 1.29 is 13.9 Å². The van der Waals surface area contributed by atoms with Crippen LogP contribution >= 0.6 is 0 Å². The number of aromatic amines is 1. The Morgan fingerprint density at radius 1 is 0.892 bits per heavy atom. The molecule has 1 heterocycles. The largest absolute Gasteiger partial charge is 0.493 e. The molecular weight excluding hydrogens is 467 g/mol. The minimum atomic E-state index is -0.271. The minimum Gasteiger partial charge on any atom is -0.493 e. The second kappa shape index (κ2) is 12.5. The molecule has 1 aromatic heterocycles. The SMILES string of the molecule is CCc1cc(-c2cccc(F)c2)c(OCc2ccccc2)cc1OCCCCCC(C)(C)c1nnn[nH]1. The number of H-pyrrole nitrogens is 1. The van der Waals surface area contributed by atoms with Crippen molar-refractivity contribution >= 4 is 0 Å². The van der Waals surface area contributed by atoms with E-state index in [2.05, 4.69) is 47.5 Å². The van der Waals surface area contributed by atoms with Crippen LogP contribution in [0.4, 0.5) is 4.39 Å². The van der Waals surface area contributed by atoms with Crippen LogP contribution in [0.3, 0.4) is 0 Å². The molecule has 0 aliphatic carbocycles. The van der Waals surface area contributed by atoms with Crippen LogP contribution in [0.5, 0.6) is 11.5 Å². The first-order chi connectivity index (χ1) is 18.0. The highest BCUT2D eigenvalue weighted by atomic mass is 19.1. The summed E-state index contributed by atoms with van der Waals surface area (Å²) in [5, 5.41) is 14.3. The highest BCUT2D eigenvalue weighted by Gasteiger charge is 2.23. The maximum Gasteiger partial charge on any atom is 0.154 e. The third-order valence-corrected chi connectivity index (χ3v) is 6.61. The van der Waals surface area contributed by atoms with E-state index >= 15 is 0 Å². The number of benzene rings is 3. The summed E-state index contributed by atoms with van der Waals surface area (Å²) in [7, 11) is 0. The predicted octanol–water partition coefficient (Wildman–Crippen LogP) is 7.06. The van der Waals surface area contributed by atoms with Crippen LogP contribution in [0.15, 0.2) is 66.7 Å². The Kier molecular flexibility index (Phi) is 8.88. The van der Waals surface area contributed by atoms with Gasteiger partial charge in [-0.2, -0.15) is 0 Å². The van der Waals surface area contributed by atoms with Crippen LogP contribution in [-0.2, 0) is 18.4 Å². The molecule has 0 spiro atoms. The highest BCUT2D eigenvalue weighted by Crippen LogP contribution is 2.37. The van der Waals surface area contributed by atoms with Gasteiger partial charge in [0.25, 0.3) is 0 Å². The number of nitrogens with one attached hydrogen (secondary N) is 1. The molecule has 7 heteroatoms. The zero-order valence-electron chi connectivity index (χ0n) is 21.8. The Labute approximate surface area is 218 Å². The smallest absolute Gasteiger partial charge is 0.154 e. The average molecular weight is 503 g/mol. The van der Waals surface area contributed by atoms with E-state index in [4.69, 9.17) is 9.47 Å². The Hall–Kier alpha value is -3.74. The standard InChI is InChI=1S/C30H35FN4O2/c1-4-23-19-26(24-14-11-15-25(31)18-24)28(37-21-22-12-7-5-8-13-22)20-27(23)36-17-10-6-9-16-30(2,3)29-32-34-35-33-29/h5,7-8,11-15,18-20H,4,6,9-10,16-17,21H2,1-3H3,(H,32,33,34,35). The molecule has 3 aromatic carbocycles. The number of halogens is 1. The monoisotopic (exact) mass is 502 g/mol. The molecule has 0 radical (unpaired) electrons. The van der Waals surface area contributed by atoms with E-state index in [1.165, 1.54) is 6.07 Å². The van der Waals surface area contributed by atoms with E-state index in [1.54, 1.807) is 12.1 Å². The van der Waals surface area contributed by atoms with E-state index < -0.39 is 0 Å². The summed E-state index contributed by atoms with van der Waals surface area (Å²) in [6.07, 6.45) is 4.84. The first kappa shape index (κ1) is 26.3. The van der Waals surface area contributed by atoms with E-state index in [9.17, 15) is 4.39 Å². The number of rotatable bonds is 13. The van der Waals surface area contributed by atoms with E-state index in [0.717, 1.165) is 65.9 Å². The first-order valence-corrected chi connectivity index (χ1v) is 12.9. The fourth-order valence-corrected chi connectivity index (χ4v) is 4.35. The molecule has 0 aliphatic heterocycles. The lowest BCUT2D eigenvalue weighted by atomic mass is 9.86. The van der Waals surface area contributed by atoms with Crippen LogP contribution in [0.1, 0.15) is 63.4 Å². The van der Waals surface area contributed by atoms with Crippen molar-refractivity contribution in [1.82, 2.24) is 20.6 Å². The average Bonchev–Trinajstić information content (AvgIpc) is 3.46. The molecule has 0 unspecified atom stereocenters. The second-order valence-electron chi connectivity index (χ2n) is 9.89. The quantitative estimate of drug-likeness (QED) is 0.198. The summed E-state index contributed by atoms with van der Waals surface area (Å²) in [4.78, 5) is 0. The van der Waals surface area contributed by atoms with Gasteiger partial charge in [0.15, 0.2) is 5.82 Å². The third-order valence-electron chi connectivity index (χ3n) is 6.61. The number of hydrogen-bond donors (Lipinski definition) is 1. The lowest BCUT2D eigenvalue weighted by Crippen LogP contribution is -2.19. The molecule has 0 saturated heterocycles. The highest BCUT2D eigenvalue weighted by molar-refractivity contribution is 5.73. The number of hydrogen-bond acceptors (Lipinski definition) is 5. The number of aromatic nitrogens is 4. The van der Waals surface area contributed by atoms with Gasteiger partial charge >= 0.3 is 0 Å². The van der Waals surface area contributed by atoms with Crippen LogP contribution in [-0.4, -0.2) is 27.2 Å². The molecule has 4 aromatic rings. The summed E-state index contributed by atoms with van der Waals surface area (Å²) in [6.45, 7) is 7.44. The van der Waals surface area contributed by atoms with Crippen molar-refractivity contribution in [3.8, 4) is 22.6 Å². The van der Waals surface area contributed by atoms with Gasteiger partial charge in [-0.05, 0) is 64.6 Å². The van der Waals surface area contributed by atoms with Crippen LogP contribution in [0, 0.1) is 5.82 Å². The molecule has 0 bridgehead atoms. The normalized spacial score (nSPS) is 11.5. The molecule has 6 nitrogen and oxygen atoms in total. The molecule has 37 heavy (non-hydrogen) atoms. The Morgan fingerprint density at radius 3 is 2.46 bits per heavy atom. The van der Waals surface area contributed by atoms with Crippen LogP contribution in [0.2, 0.25) is 0 Å². The van der Waals surface area contributed by atoms with Gasteiger partial charge in [0.1, 0.15) is 23.9 Å². The Balaban J connectivity index is 1.43. The minimum absolute atomic E-state index is 0.0858. The molecule has 0 atom stereocenters. The summed E-state index contributed by atoms with van der Waals surface area (Å²) in [6, 6.07) is 20.7. The van der Waals surface area contributed by atoms with Crippen molar-refractivity contribution in [3.63, 3.8) is 0 Å². The second-order valence-corrected chi connectivity index (χ2v) is 9.89. The third kappa shape index (κ3) is 7.15. The lowest BCUT2D eigenvalue weighted by Gasteiger charge is -2.20. The van der Waals surface area contributed by atoms with Crippen molar-refractivity contribution in [3.05, 3.63) is 89.5 Å². The maximum atomic E-state index is 14.0. The zero-order chi connectivity index (χ0) is 26.1. The number of tetrazole rings is 1. The van der Waals surface area contributed by atoms with Crippen molar-refractivity contribution in [1.29, 1.82) is 0 Å². The molecule has 1 N–H and O–H groups in total. The van der Waals surface area contributed by atoms with Gasteiger partial charge in [-0.15, -0.1) is 5.10 Å². The molecule has 0 fully saturated rings. The predicted molar refractivity (Wildman–Crippen MR) is 143 cm³/mol. The van der Waals surface area contributed by atoms with Crippen LogP contribution in [0.25, 0.3) is 11.1 Å². The number of nitrogens with zero attached hydrogens (tertiary/aromatic N) is 3. The van der Waals surface area contributed by atoms with Crippen molar-refractivity contribution in [2.75, 3.05) is 6.61 Å². The maximum absolute atomic E-state index is 14.0. The van der Waals surface area contributed by atoms with Crippen LogP contribution < -0.4 is 9.47 Å². The topological polar surface area (TPSA) is 72.9 Å². The Bertz CT molecular complexity index is 1260. The van der Waals surface area contributed by atoms with E-state index in [0.29, 0.717) is 19.0 Å². The number of ether oxygens (including phenoxy) is 2. The summed E-state index contributed by atoms with van der Waals surface area (Å²) >= 11 is 0. The first-order valence-electron chi connectivity index (χ1n) is 12.9. The van der Waals surface area contributed by atoms with Gasteiger partial charge in [-0.25, -0.2) is 9.49 Å². The van der Waals surface area contributed by atoms with Crippen molar-refractivity contribution in [2.45, 2.75) is 64.9 Å². The van der Waals surface area contributed by atoms with Gasteiger partial charge in [0.2, 0.25) is 0 Å². The molecule has 194 valence electrons. The molecule has 0 aliphatic rings. The fraction of sp³-hybridized carbons (Fsp3) is 0.367. The fourth-order valence-electron chi connectivity index (χ4n) is 4.35. The van der Waals surface area contributed by atoms with E-state index in [-0.39, 0.29) is 11.2 Å². The molecule has 0 amide bonds. The van der Waals surface area contributed by atoms with Gasteiger partial charge in [-0.3, -0.25) is 0 Å². The number of aryl methyl sites for hydroxylation is 1. The number of unbranched alkanes of at least 4 members (excludes halogenated alkanes) is 2. The van der Waals surface area contributed by atoms with Gasteiger partial charge in [0, 0.05) is 17.0 Å². The van der Waals surface area contributed by atoms with E-state index in [1.807, 2.05) is 42.5 Å². The van der Waals surface area contributed by atoms with Gasteiger partial charge < -0.3 is 9.47 Å². The molecular formula is C30H35FN4O2. The summed E-state index contributed by atoms with van der Waals surface area (Å²) in [5.74, 6) is 2.05.